The number of aromatic nitrogens is 1. The van der Waals surface area contributed by atoms with Crippen LogP contribution in [0.3, 0.4) is 0 Å². The van der Waals surface area contributed by atoms with Crippen molar-refractivity contribution in [3.05, 3.63) is 146 Å². The number of nitrogens with zero attached hydrogens (tertiary/aromatic N) is 1. The van der Waals surface area contributed by atoms with Crippen LogP contribution in [0, 0.1) is 0 Å². The average molecular weight is 492 g/mol. The van der Waals surface area contributed by atoms with Gasteiger partial charge in [0, 0.05) is 27.8 Å². The molecule has 0 aliphatic rings. The van der Waals surface area contributed by atoms with E-state index in [1.807, 2.05) is 19.1 Å². The first-order valence-corrected chi connectivity index (χ1v) is 12.9. The fourth-order valence-corrected chi connectivity index (χ4v) is 5.07. The summed E-state index contributed by atoms with van der Waals surface area (Å²) in [5, 5.41) is 9.69. The lowest BCUT2D eigenvalue weighted by atomic mass is 10.1. The van der Waals surface area contributed by atoms with Crippen molar-refractivity contribution in [3.8, 4) is 5.69 Å². The summed E-state index contributed by atoms with van der Waals surface area (Å²) >= 11 is 0. The largest absolute Gasteiger partial charge is 0.354 e. The number of benzene rings is 5. The van der Waals surface area contributed by atoms with Gasteiger partial charge in [0.05, 0.1) is 22.4 Å². The summed E-state index contributed by atoms with van der Waals surface area (Å²) in [6.07, 6.45) is 3.96. The van der Waals surface area contributed by atoms with Gasteiger partial charge in [-0.3, -0.25) is 0 Å². The second-order valence-corrected chi connectivity index (χ2v) is 9.24. The molecule has 0 radical (unpaired) electrons. The van der Waals surface area contributed by atoms with Crippen molar-refractivity contribution in [1.29, 1.82) is 0 Å². The maximum atomic E-state index is 3.91. The number of hydrogen-bond acceptors (Lipinski definition) is 2. The highest BCUT2D eigenvalue weighted by Crippen LogP contribution is 2.35. The lowest BCUT2D eigenvalue weighted by Crippen LogP contribution is -1.98. The molecule has 38 heavy (non-hydrogen) atoms. The van der Waals surface area contributed by atoms with E-state index in [2.05, 4.69) is 143 Å². The number of anilines is 4. The standard InChI is InChI=1S/C35H29N3/c1-3-25(4-2)26-18-20-27(21-19-26)36-32-15-9-10-16-33(32)37-28-22-23-35-31(24-28)30-14-8-11-17-34(30)38(35)29-12-6-5-7-13-29/h3-24,36-37H,1H2,2H3/b25-4+. The Morgan fingerprint density at radius 2 is 1.24 bits per heavy atom. The smallest absolute Gasteiger partial charge is 0.0623 e. The van der Waals surface area contributed by atoms with Gasteiger partial charge in [-0.25, -0.2) is 0 Å². The molecule has 0 unspecified atom stereocenters. The van der Waals surface area contributed by atoms with Gasteiger partial charge in [-0.1, -0.05) is 79.4 Å². The summed E-state index contributed by atoms with van der Waals surface area (Å²) in [6.45, 7) is 5.94. The van der Waals surface area contributed by atoms with Gasteiger partial charge >= 0.3 is 0 Å². The Morgan fingerprint density at radius 3 is 1.95 bits per heavy atom. The molecule has 1 heterocycles. The normalized spacial score (nSPS) is 11.6. The summed E-state index contributed by atoms with van der Waals surface area (Å²) < 4.78 is 2.33. The topological polar surface area (TPSA) is 29.0 Å². The molecule has 5 aromatic carbocycles. The van der Waals surface area contributed by atoms with Crippen LogP contribution < -0.4 is 10.6 Å². The second kappa shape index (κ2) is 10.2. The van der Waals surface area contributed by atoms with E-state index in [0.29, 0.717) is 0 Å². The summed E-state index contributed by atoms with van der Waals surface area (Å²) in [5.41, 5.74) is 9.94. The number of fused-ring (bicyclic) bond motifs is 3. The van der Waals surface area contributed by atoms with Crippen LogP contribution in [0.4, 0.5) is 22.7 Å². The van der Waals surface area contributed by atoms with Crippen LogP contribution in [-0.2, 0) is 0 Å². The minimum atomic E-state index is 1.02. The van der Waals surface area contributed by atoms with E-state index in [4.69, 9.17) is 0 Å². The Morgan fingerprint density at radius 1 is 0.632 bits per heavy atom. The maximum Gasteiger partial charge on any atom is 0.0623 e. The minimum Gasteiger partial charge on any atom is -0.354 e. The molecule has 0 bridgehead atoms. The predicted octanol–water partition coefficient (Wildman–Crippen LogP) is 9.86. The minimum absolute atomic E-state index is 1.02. The Balaban J connectivity index is 1.34. The van der Waals surface area contributed by atoms with E-state index >= 15 is 0 Å². The van der Waals surface area contributed by atoms with Crippen molar-refractivity contribution in [2.75, 3.05) is 10.6 Å². The van der Waals surface area contributed by atoms with Gasteiger partial charge < -0.3 is 15.2 Å². The van der Waals surface area contributed by atoms with Gasteiger partial charge in [-0.05, 0) is 78.7 Å². The van der Waals surface area contributed by atoms with Crippen molar-refractivity contribution in [3.63, 3.8) is 0 Å². The monoisotopic (exact) mass is 491 g/mol. The third-order valence-corrected chi connectivity index (χ3v) is 6.92. The van der Waals surface area contributed by atoms with Crippen LogP contribution in [0.25, 0.3) is 33.1 Å². The molecule has 1 aromatic heterocycles. The van der Waals surface area contributed by atoms with Gasteiger partial charge in [0.2, 0.25) is 0 Å². The lowest BCUT2D eigenvalue weighted by Gasteiger charge is -2.15. The third kappa shape index (κ3) is 4.35. The van der Waals surface area contributed by atoms with Crippen LogP contribution in [0.15, 0.2) is 140 Å². The molecule has 0 amide bonds. The number of rotatable bonds is 7. The van der Waals surface area contributed by atoms with Crippen molar-refractivity contribution in [2.24, 2.45) is 0 Å². The summed E-state index contributed by atoms with van der Waals surface area (Å²) in [6, 6.07) is 42.5. The zero-order valence-electron chi connectivity index (χ0n) is 21.4. The average Bonchev–Trinajstić information content (AvgIpc) is 3.30. The zero-order valence-corrected chi connectivity index (χ0v) is 21.4. The highest BCUT2D eigenvalue weighted by Gasteiger charge is 2.13. The van der Waals surface area contributed by atoms with Crippen molar-refractivity contribution < 1.29 is 0 Å². The van der Waals surface area contributed by atoms with Crippen molar-refractivity contribution >= 4 is 50.1 Å². The molecule has 6 aromatic rings. The highest BCUT2D eigenvalue weighted by atomic mass is 15.0. The van der Waals surface area contributed by atoms with Crippen LogP contribution in [0.2, 0.25) is 0 Å². The quantitative estimate of drug-likeness (QED) is 0.218. The Kier molecular flexibility index (Phi) is 6.25. The second-order valence-electron chi connectivity index (χ2n) is 9.24. The van der Waals surface area contributed by atoms with E-state index in [9.17, 15) is 0 Å². The molecule has 3 heteroatoms. The molecule has 3 nitrogen and oxygen atoms in total. The number of hydrogen-bond donors (Lipinski definition) is 2. The zero-order chi connectivity index (χ0) is 25.9. The Hall–Kier alpha value is -5.02. The van der Waals surface area contributed by atoms with Crippen molar-refractivity contribution in [1.82, 2.24) is 4.57 Å². The van der Waals surface area contributed by atoms with Crippen molar-refractivity contribution in [2.45, 2.75) is 6.92 Å². The van der Waals surface area contributed by atoms with Gasteiger partial charge in [0.15, 0.2) is 0 Å². The molecule has 0 aliphatic heterocycles. The maximum absolute atomic E-state index is 3.91. The number of allylic oxidation sites excluding steroid dienone is 3. The Bertz CT molecular complexity index is 1770. The first-order chi connectivity index (χ1) is 18.7. The lowest BCUT2D eigenvalue weighted by molar-refractivity contribution is 1.18. The molecule has 0 aliphatic carbocycles. The Labute approximate surface area is 223 Å². The molecule has 0 fully saturated rings. The summed E-state index contributed by atoms with van der Waals surface area (Å²) in [4.78, 5) is 0. The molecule has 0 saturated carbocycles. The van der Waals surface area contributed by atoms with Crippen LogP contribution >= 0.6 is 0 Å². The number of nitrogens with one attached hydrogen (secondary N) is 2. The van der Waals surface area contributed by atoms with E-state index in [1.165, 1.54) is 21.8 Å². The molecule has 2 N–H and O–H groups in total. The molecule has 184 valence electrons. The fraction of sp³-hybridized carbons (Fsp3) is 0.0286. The first kappa shape index (κ1) is 23.4. The molecule has 6 rings (SSSR count). The van der Waals surface area contributed by atoms with Crippen LogP contribution in [-0.4, -0.2) is 4.57 Å². The molecule has 0 saturated heterocycles. The molecular weight excluding hydrogens is 462 g/mol. The van der Waals surface area contributed by atoms with Gasteiger partial charge in [0.1, 0.15) is 0 Å². The van der Waals surface area contributed by atoms with E-state index < -0.39 is 0 Å². The van der Waals surface area contributed by atoms with Crippen LogP contribution in [0.1, 0.15) is 12.5 Å². The van der Waals surface area contributed by atoms with E-state index in [1.54, 1.807) is 0 Å². The SMILES string of the molecule is C=C/C(=C\C)c1ccc(Nc2ccccc2Nc2ccc3c(c2)c2ccccc2n3-c2ccccc2)cc1. The first-order valence-electron chi connectivity index (χ1n) is 12.9. The third-order valence-electron chi connectivity index (χ3n) is 6.92. The molecule has 0 atom stereocenters. The fourth-order valence-electron chi connectivity index (χ4n) is 5.07. The van der Waals surface area contributed by atoms with E-state index in [0.717, 1.165) is 39.6 Å². The summed E-state index contributed by atoms with van der Waals surface area (Å²) in [5.74, 6) is 0. The van der Waals surface area contributed by atoms with E-state index in [-0.39, 0.29) is 0 Å². The summed E-state index contributed by atoms with van der Waals surface area (Å²) in [7, 11) is 0. The van der Waals surface area contributed by atoms with Gasteiger partial charge in [-0.2, -0.15) is 0 Å². The predicted molar refractivity (Wildman–Crippen MR) is 164 cm³/mol. The van der Waals surface area contributed by atoms with Gasteiger partial charge in [-0.15, -0.1) is 0 Å². The molecular formula is C35H29N3. The highest BCUT2D eigenvalue weighted by molar-refractivity contribution is 6.10. The van der Waals surface area contributed by atoms with Crippen LogP contribution in [0.5, 0.6) is 0 Å². The number of para-hydroxylation sites is 4. The molecule has 0 spiro atoms. The van der Waals surface area contributed by atoms with Gasteiger partial charge in [0.25, 0.3) is 0 Å².